The van der Waals surface area contributed by atoms with Crippen LogP contribution in [0.15, 0.2) is 89.0 Å². The van der Waals surface area contributed by atoms with Gasteiger partial charge in [-0.2, -0.15) is 5.10 Å². The van der Waals surface area contributed by atoms with Gasteiger partial charge < -0.3 is 10.1 Å². The maximum Gasteiger partial charge on any atom is 0.267 e. The van der Waals surface area contributed by atoms with Crippen LogP contribution in [0, 0.1) is 0 Å². The van der Waals surface area contributed by atoms with Gasteiger partial charge in [-0.15, -0.1) is 11.3 Å². The Morgan fingerprint density at radius 3 is 2.54 bits per heavy atom. The molecule has 3 aromatic carbocycles. The van der Waals surface area contributed by atoms with E-state index in [0.717, 1.165) is 38.4 Å². The molecule has 0 aliphatic rings. The summed E-state index contributed by atoms with van der Waals surface area (Å²) in [6.07, 6.45) is 0. The van der Waals surface area contributed by atoms with Crippen LogP contribution in [-0.4, -0.2) is 27.8 Å². The number of nitrogens with zero attached hydrogens (tertiary/aromatic N) is 3. The molecule has 0 fully saturated rings. The molecule has 0 aliphatic heterocycles. The molecule has 174 valence electrons. The van der Waals surface area contributed by atoms with Crippen molar-refractivity contribution in [3.63, 3.8) is 0 Å². The first-order chi connectivity index (χ1) is 17.1. The summed E-state index contributed by atoms with van der Waals surface area (Å²) in [5, 5.41) is 12.2. The lowest BCUT2D eigenvalue weighted by Gasteiger charge is -2.08. The van der Waals surface area contributed by atoms with E-state index in [2.05, 4.69) is 15.4 Å². The second kappa shape index (κ2) is 9.90. The quantitative estimate of drug-likeness (QED) is 0.369. The number of carbonyl (C=O) groups excluding carboxylic acids is 1. The topological polar surface area (TPSA) is 86.1 Å². The second-order valence-electron chi connectivity index (χ2n) is 7.93. The third-order valence-corrected chi connectivity index (χ3v) is 6.50. The summed E-state index contributed by atoms with van der Waals surface area (Å²) in [6.45, 7) is 0.0976. The van der Waals surface area contributed by atoms with Crippen LogP contribution in [0.25, 0.3) is 32.6 Å². The molecule has 1 N–H and O–H groups in total. The number of fused-ring (bicyclic) bond motifs is 1. The number of thiazole rings is 1. The van der Waals surface area contributed by atoms with E-state index < -0.39 is 0 Å². The third kappa shape index (κ3) is 5.12. The molecule has 0 radical (unpaired) electrons. The van der Waals surface area contributed by atoms with E-state index in [4.69, 9.17) is 4.74 Å². The van der Waals surface area contributed by atoms with Gasteiger partial charge in [-0.1, -0.05) is 36.4 Å². The summed E-state index contributed by atoms with van der Waals surface area (Å²) in [4.78, 5) is 29.5. The monoisotopic (exact) mass is 482 g/mol. The first-order valence-corrected chi connectivity index (χ1v) is 11.9. The smallest absolute Gasteiger partial charge is 0.267 e. The van der Waals surface area contributed by atoms with Crippen LogP contribution in [0.5, 0.6) is 5.75 Å². The maximum atomic E-state index is 12.6. The first-order valence-electron chi connectivity index (χ1n) is 11.0. The van der Waals surface area contributed by atoms with Gasteiger partial charge in [0, 0.05) is 22.6 Å². The molecule has 1 amide bonds. The molecule has 8 heteroatoms. The molecule has 0 bridgehead atoms. The summed E-state index contributed by atoms with van der Waals surface area (Å²) in [5.74, 6) is 0.473. The lowest BCUT2D eigenvalue weighted by Crippen LogP contribution is -2.33. The Kier molecular flexibility index (Phi) is 6.36. The van der Waals surface area contributed by atoms with Crippen molar-refractivity contribution in [3.05, 3.63) is 100 Å². The molecule has 2 aromatic heterocycles. The average molecular weight is 483 g/mol. The second-order valence-corrected chi connectivity index (χ2v) is 8.78. The number of methoxy groups -OCH3 is 1. The fraction of sp³-hybridized carbons (Fsp3) is 0.111. The Balaban J connectivity index is 1.25. The van der Waals surface area contributed by atoms with E-state index in [1.807, 2.05) is 72.1 Å². The van der Waals surface area contributed by atoms with Crippen LogP contribution >= 0.6 is 11.3 Å². The molecular formula is C27H22N4O3S. The number of amides is 1. The minimum Gasteiger partial charge on any atom is -0.497 e. The van der Waals surface area contributed by atoms with Gasteiger partial charge >= 0.3 is 0 Å². The van der Waals surface area contributed by atoms with Crippen LogP contribution < -0.4 is 15.6 Å². The summed E-state index contributed by atoms with van der Waals surface area (Å²) >= 11 is 1.50. The predicted molar refractivity (Wildman–Crippen MR) is 137 cm³/mol. The van der Waals surface area contributed by atoms with Crippen molar-refractivity contribution >= 4 is 28.0 Å². The molecule has 0 saturated heterocycles. The van der Waals surface area contributed by atoms with Crippen LogP contribution in [0.3, 0.4) is 0 Å². The Morgan fingerprint density at radius 2 is 1.74 bits per heavy atom. The maximum absolute atomic E-state index is 12.6. The number of hydrogen-bond acceptors (Lipinski definition) is 6. The Labute approximate surface area is 205 Å². The van der Waals surface area contributed by atoms with E-state index in [1.54, 1.807) is 13.2 Å². The predicted octanol–water partition coefficient (Wildman–Crippen LogP) is 4.51. The van der Waals surface area contributed by atoms with Gasteiger partial charge in [0.2, 0.25) is 5.91 Å². The van der Waals surface area contributed by atoms with Gasteiger partial charge in [0.25, 0.3) is 5.56 Å². The minimum absolute atomic E-state index is 0.171. The molecule has 35 heavy (non-hydrogen) atoms. The molecule has 5 rings (SSSR count). The van der Waals surface area contributed by atoms with Crippen molar-refractivity contribution in [2.24, 2.45) is 0 Å². The first kappa shape index (κ1) is 22.5. The van der Waals surface area contributed by atoms with Crippen molar-refractivity contribution in [3.8, 4) is 27.6 Å². The fourth-order valence-corrected chi connectivity index (χ4v) is 4.53. The largest absolute Gasteiger partial charge is 0.497 e. The van der Waals surface area contributed by atoms with Crippen molar-refractivity contribution < 1.29 is 9.53 Å². The number of nitrogens with one attached hydrogen (secondary N) is 1. The third-order valence-electron chi connectivity index (χ3n) is 5.56. The molecule has 0 saturated carbocycles. The van der Waals surface area contributed by atoms with Crippen LogP contribution in [0.1, 0.15) is 5.69 Å². The highest BCUT2D eigenvalue weighted by Gasteiger charge is 2.10. The van der Waals surface area contributed by atoms with Gasteiger partial charge in [0.1, 0.15) is 17.3 Å². The molecule has 2 heterocycles. The highest BCUT2D eigenvalue weighted by Crippen LogP contribution is 2.26. The number of carbonyl (C=O) groups is 1. The number of benzene rings is 3. The number of ether oxygens (including phenoxy) is 1. The lowest BCUT2D eigenvalue weighted by atomic mass is 10.1. The van der Waals surface area contributed by atoms with E-state index in [-0.39, 0.29) is 24.6 Å². The summed E-state index contributed by atoms with van der Waals surface area (Å²) in [6, 6.07) is 24.8. The van der Waals surface area contributed by atoms with E-state index in [9.17, 15) is 9.59 Å². The Hall–Kier alpha value is -4.30. The van der Waals surface area contributed by atoms with Gasteiger partial charge in [0.05, 0.1) is 25.0 Å². The van der Waals surface area contributed by atoms with Crippen molar-refractivity contribution in [1.29, 1.82) is 0 Å². The van der Waals surface area contributed by atoms with Crippen molar-refractivity contribution in [1.82, 2.24) is 20.1 Å². The van der Waals surface area contributed by atoms with Crippen molar-refractivity contribution in [2.45, 2.75) is 13.1 Å². The Morgan fingerprint density at radius 1 is 0.971 bits per heavy atom. The van der Waals surface area contributed by atoms with E-state index in [1.165, 1.54) is 22.1 Å². The minimum atomic E-state index is -0.333. The van der Waals surface area contributed by atoms with Gasteiger partial charge in [-0.05, 0) is 47.2 Å². The highest BCUT2D eigenvalue weighted by atomic mass is 32.1. The summed E-state index contributed by atoms with van der Waals surface area (Å²) < 4.78 is 6.37. The van der Waals surface area contributed by atoms with Crippen LogP contribution in [0.2, 0.25) is 0 Å². The van der Waals surface area contributed by atoms with Crippen molar-refractivity contribution in [2.75, 3.05) is 7.11 Å². The van der Waals surface area contributed by atoms with E-state index >= 15 is 0 Å². The standard InChI is InChI=1S/C27H22N4O3S/c1-34-23-10-8-19(9-11-23)27-29-22(17-35-27)15-28-25(32)16-31-26(33)13-12-24(30-31)21-7-6-18-4-2-3-5-20(18)14-21/h2-14,17H,15-16H2,1H3,(H,28,32). The summed E-state index contributed by atoms with van der Waals surface area (Å²) in [7, 11) is 1.63. The Bertz CT molecular complexity index is 1560. The number of rotatable bonds is 7. The summed E-state index contributed by atoms with van der Waals surface area (Å²) in [5.41, 5.74) is 2.91. The zero-order valence-corrected chi connectivity index (χ0v) is 19.8. The zero-order chi connectivity index (χ0) is 24.2. The van der Waals surface area contributed by atoms with E-state index in [0.29, 0.717) is 5.69 Å². The fourth-order valence-electron chi connectivity index (χ4n) is 3.70. The molecular weight excluding hydrogens is 460 g/mol. The molecule has 0 atom stereocenters. The SMILES string of the molecule is COc1ccc(-c2nc(CNC(=O)Cn3nc(-c4ccc5ccccc5c4)ccc3=O)cs2)cc1. The molecule has 0 aliphatic carbocycles. The molecule has 7 nitrogen and oxygen atoms in total. The lowest BCUT2D eigenvalue weighted by molar-refractivity contribution is -0.122. The average Bonchev–Trinajstić information content (AvgIpc) is 3.38. The molecule has 5 aromatic rings. The van der Waals surface area contributed by atoms with Crippen LogP contribution in [-0.2, 0) is 17.9 Å². The van der Waals surface area contributed by atoms with Crippen LogP contribution in [0.4, 0.5) is 0 Å². The molecule has 0 spiro atoms. The number of hydrogen-bond donors (Lipinski definition) is 1. The zero-order valence-electron chi connectivity index (χ0n) is 19.0. The molecule has 0 unspecified atom stereocenters. The number of aromatic nitrogens is 3. The normalized spacial score (nSPS) is 10.9. The van der Waals surface area contributed by atoms with Gasteiger partial charge in [-0.25, -0.2) is 9.67 Å². The highest BCUT2D eigenvalue weighted by molar-refractivity contribution is 7.13. The van der Waals surface area contributed by atoms with Gasteiger partial charge in [-0.3, -0.25) is 9.59 Å². The van der Waals surface area contributed by atoms with Gasteiger partial charge in [0.15, 0.2) is 0 Å².